The van der Waals surface area contributed by atoms with Gasteiger partial charge in [0.05, 0.1) is 5.41 Å². The number of amides is 1. The van der Waals surface area contributed by atoms with Gasteiger partial charge in [0.15, 0.2) is 5.13 Å². The fourth-order valence-corrected chi connectivity index (χ4v) is 4.52. The lowest BCUT2D eigenvalue weighted by Crippen LogP contribution is -2.30. The number of nitrogens with one attached hydrogen (secondary N) is 1. The predicted octanol–water partition coefficient (Wildman–Crippen LogP) is 4.79. The van der Waals surface area contributed by atoms with Gasteiger partial charge in [-0.3, -0.25) is 4.79 Å². The second-order valence-corrected chi connectivity index (χ2v) is 8.11. The topological polar surface area (TPSA) is 42.0 Å². The van der Waals surface area contributed by atoms with Gasteiger partial charge >= 0.3 is 0 Å². The standard InChI is InChI=1S/C21H20N2OS/c1-15-13-22-19(25-15)23-18(24)20(2)14-21(20,16-9-5-3-6-10-16)17-11-7-4-8-12-17/h3-13H,14H2,1-2H3,(H,22,23,24). The van der Waals surface area contributed by atoms with E-state index in [1.165, 1.54) is 22.5 Å². The minimum absolute atomic E-state index is 0.0366. The molecule has 0 bridgehead atoms. The molecule has 4 heteroatoms. The number of carbonyl (C=O) groups excluding carboxylic acids is 1. The van der Waals surface area contributed by atoms with E-state index in [1.54, 1.807) is 6.20 Å². The largest absolute Gasteiger partial charge is 0.301 e. The Balaban J connectivity index is 1.73. The highest BCUT2D eigenvalue weighted by molar-refractivity contribution is 7.15. The van der Waals surface area contributed by atoms with E-state index in [-0.39, 0.29) is 11.3 Å². The summed E-state index contributed by atoms with van der Waals surface area (Å²) in [6, 6.07) is 20.7. The minimum atomic E-state index is -0.491. The van der Waals surface area contributed by atoms with Crippen molar-refractivity contribution in [3.63, 3.8) is 0 Å². The number of nitrogens with zero attached hydrogens (tertiary/aromatic N) is 1. The molecule has 1 saturated carbocycles. The van der Waals surface area contributed by atoms with Crippen LogP contribution in [0.4, 0.5) is 5.13 Å². The molecule has 3 nitrogen and oxygen atoms in total. The number of hydrogen-bond acceptors (Lipinski definition) is 3. The lowest BCUT2D eigenvalue weighted by molar-refractivity contribution is -0.121. The van der Waals surface area contributed by atoms with E-state index in [0.717, 1.165) is 11.3 Å². The Morgan fingerprint density at radius 2 is 1.60 bits per heavy atom. The second-order valence-electron chi connectivity index (χ2n) is 6.88. The molecule has 0 radical (unpaired) electrons. The number of carbonyl (C=O) groups is 1. The van der Waals surface area contributed by atoms with Gasteiger partial charge in [0, 0.05) is 16.5 Å². The molecule has 1 aliphatic carbocycles. The Hall–Kier alpha value is -2.46. The molecule has 1 unspecified atom stereocenters. The van der Waals surface area contributed by atoms with Crippen molar-refractivity contribution in [3.8, 4) is 0 Å². The number of thiazole rings is 1. The first-order chi connectivity index (χ1) is 12.1. The molecule has 0 spiro atoms. The molecule has 126 valence electrons. The first-order valence-corrected chi connectivity index (χ1v) is 9.23. The Kier molecular flexibility index (Phi) is 3.73. The predicted molar refractivity (Wildman–Crippen MR) is 102 cm³/mol. The molecule has 0 saturated heterocycles. The molecule has 1 fully saturated rings. The van der Waals surface area contributed by atoms with E-state index in [0.29, 0.717) is 5.13 Å². The van der Waals surface area contributed by atoms with Gasteiger partial charge in [-0.25, -0.2) is 4.98 Å². The van der Waals surface area contributed by atoms with E-state index in [2.05, 4.69) is 41.5 Å². The number of aromatic nitrogens is 1. The smallest absolute Gasteiger partial charge is 0.233 e. The molecule has 4 rings (SSSR count). The van der Waals surface area contributed by atoms with Crippen molar-refractivity contribution >= 4 is 22.4 Å². The van der Waals surface area contributed by atoms with E-state index in [9.17, 15) is 4.79 Å². The summed E-state index contributed by atoms with van der Waals surface area (Å²) in [6.07, 6.45) is 2.58. The van der Waals surface area contributed by atoms with Gasteiger partial charge in [-0.2, -0.15) is 0 Å². The Morgan fingerprint density at radius 3 is 2.08 bits per heavy atom. The maximum Gasteiger partial charge on any atom is 0.233 e. The molecule has 1 heterocycles. The summed E-state index contributed by atoms with van der Waals surface area (Å²) in [7, 11) is 0. The van der Waals surface area contributed by atoms with E-state index >= 15 is 0 Å². The highest BCUT2D eigenvalue weighted by atomic mass is 32.1. The maximum absolute atomic E-state index is 13.1. The van der Waals surface area contributed by atoms with Crippen molar-refractivity contribution < 1.29 is 4.79 Å². The van der Waals surface area contributed by atoms with Crippen LogP contribution >= 0.6 is 11.3 Å². The van der Waals surface area contributed by atoms with Crippen LogP contribution in [-0.2, 0) is 10.2 Å². The van der Waals surface area contributed by atoms with Crippen molar-refractivity contribution in [2.45, 2.75) is 25.7 Å². The summed E-state index contributed by atoms with van der Waals surface area (Å²) in [5, 5.41) is 3.70. The summed E-state index contributed by atoms with van der Waals surface area (Å²) in [4.78, 5) is 18.5. The monoisotopic (exact) mass is 348 g/mol. The molecular formula is C21H20N2OS. The maximum atomic E-state index is 13.1. The average Bonchev–Trinajstić information content (AvgIpc) is 3.11. The van der Waals surface area contributed by atoms with Gasteiger partial charge in [0.2, 0.25) is 5.91 Å². The summed E-state index contributed by atoms with van der Waals surface area (Å²) < 4.78 is 0. The summed E-state index contributed by atoms with van der Waals surface area (Å²) in [5.74, 6) is 0.0366. The summed E-state index contributed by atoms with van der Waals surface area (Å²) in [5.41, 5.74) is 1.60. The minimum Gasteiger partial charge on any atom is -0.301 e. The van der Waals surface area contributed by atoms with Crippen LogP contribution in [0.5, 0.6) is 0 Å². The second kappa shape index (κ2) is 5.81. The lowest BCUT2D eigenvalue weighted by atomic mass is 9.80. The zero-order valence-electron chi connectivity index (χ0n) is 14.3. The Bertz CT molecular complexity index is 864. The molecule has 25 heavy (non-hydrogen) atoms. The molecule has 1 N–H and O–H groups in total. The third-order valence-corrected chi connectivity index (χ3v) is 6.14. The molecule has 1 aliphatic rings. The number of hydrogen-bond donors (Lipinski definition) is 1. The zero-order chi connectivity index (χ0) is 17.5. The normalized spacial score (nSPS) is 20.9. The van der Waals surface area contributed by atoms with Crippen LogP contribution < -0.4 is 5.32 Å². The molecule has 1 aromatic heterocycles. The van der Waals surface area contributed by atoms with Crippen molar-refractivity contribution in [2.24, 2.45) is 5.41 Å². The first-order valence-electron chi connectivity index (χ1n) is 8.41. The van der Waals surface area contributed by atoms with E-state index < -0.39 is 5.41 Å². The van der Waals surface area contributed by atoms with Crippen LogP contribution in [0.3, 0.4) is 0 Å². The molecule has 0 aliphatic heterocycles. The van der Waals surface area contributed by atoms with Crippen LogP contribution in [0.2, 0.25) is 0 Å². The van der Waals surface area contributed by atoms with Crippen molar-refractivity contribution in [3.05, 3.63) is 82.9 Å². The highest BCUT2D eigenvalue weighted by Gasteiger charge is 2.70. The van der Waals surface area contributed by atoms with Gasteiger partial charge in [0.1, 0.15) is 0 Å². The quantitative estimate of drug-likeness (QED) is 0.737. The number of anilines is 1. The third kappa shape index (κ3) is 2.48. The van der Waals surface area contributed by atoms with Crippen LogP contribution in [0.15, 0.2) is 66.9 Å². The van der Waals surface area contributed by atoms with Crippen molar-refractivity contribution in [1.82, 2.24) is 4.98 Å². The average molecular weight is 348 g/mol. The van der Waals surface area contributed by atoms with Crippen molar-refractivity contribution in [2.75, 3.05) is 5.32 Å². The number of rotatable bonds is 4. The van der Waals surface area contributed by atoms with Gasteiger partial charge in [-0.1, -0.05) is 60.7 Å². The van der Waals surface area contributed by atoms with E-state index in [1.807, 2.05) is 43.3 Å². The molecular weight excluding hydrogens is 328 g/mol. The highest BCUT2D eigenvalue weighted by Crippen LogP contribution is 2.68. The lowest BCUT2D eigenvalue weighted by Gasteiger charge is -2.23. The van der Waals surface area contributed by atoms with Crippen LogP contribution in [0, 0.1) is 12.3 Å². The number of benzene rings is 2. The zero-order valence-corrected chi connectivity index (χ0v) is 15.1. The summed E-state index contributed by atoms with van der Waals surface area (Å²) in [6.45, 7) is 4.05. The SMILES string of the molecule is Cc1cnc(NC(=O)C2(C)CC2(c2ccccc2)c2ccccc2)s1. The number of aryl methyl sites for hydroxylation is 1. The van der Waals surface area contributed by atoms with Gasteiger partial charge in [-0.15, -0.1) is 11.3 Å². The van der Waals surface area contributed by atoms with Crippen LogP contribution in [-0.4, -0.2) is 10.9 Å². The van der Waals surface area contributed by atoms with Crippen LogP contribution in [0.25, 0.3) is 0 Å². The molecule has 3 aromatic rings. The Morgan fingerprint density at radius 1 is 1.04 bits per heavy atom. The third-order valence-electron chi connectivity index (χ3n) is 5.31. The fraction of sp³-hybridized carbons (Fsp3) is 0.238. The Labute approximate surface area is 151 Å². The fourth-order valence-electron chi connectivity index (χ4n) is 3.86. The van der Waals surface area contributed by atoms with E-state index in [4.69, 9.17) is 0 Å². The molecule has 2 aromatic carbocycles. The first kappa shape index (κ1) is 16.0. The van der Waals surface area contributed by atoms with Gasteiger partial charge in [0.25, 0.3) is 0 Å². The molecule has 1 amide bonds. The van der Waals surface area contributed by atoms with Crippen LogP contribution in [0.1, 0.15) is 29.3 Å². The van der Waals surface area contributed by atoms with Crippen molar-refractivity contribution in [1.29, 1.82) is 0 Å². The molecule has 1 atom stereocenters. The van der Waals surface area contributed by atoms with Gasteiger partial charge in [-0.05, 0) is 31.4 Å². The summed E-state index contributed by atoms with van der Waals surface area (Å²) >= 11 is 1.51. The van der Waals surface area contributed by atoms with Gasteiger partial charge < -0.3 is 5.32 Å².